The van der Waals surface area contributed by atoms with E-state index in [1.165, 1.54) is 0 Å². The molecule has 3 rings (SSSR count). The number of benzene rings is 1. The van der Waals surface area contributed by atoms with Gasteiger partial charge in [0.25, 0.3) is 0 Å². The fourth-order valence-electron chi connectivity index (χ4n) is 3.01. The molecule has 0 saturated carbocycles. The van der Waals surface area contributed by atoms with E-state index in [1.807, 2.05) is 18.2 Å². The molecule has 24 heavy (non-hydrogen) atoms. The smallest absolute Gasteiger partial charge is 0.124 e. The molecule has 0 unspecified atom stereocenters. The molecule has 5 nitrogen and oxygen atoms in total. The van der Waals surface area contributed by atoms with Crippen molar-refractivity contribution in [3.63, 3.8) is 0 Å². The maximum absolute atomic E-state index is 7.68. The van der Waals surface area contributed by atoms with E-state index >= 15 is 0 Å². The van der Waals surface area contributed by atoms with Gasteiger partial charge in [-0.25, -0.2) is 4.99 Å². The fourth-order valence-corrected chi connectivity index (χ4v) is 3.01. The lowest BCUT2D eigenvalue weighted by atomic mass is 9.95. The molecule has 0 spiro atoms. The summed E-state index contributed by atoms with van der Waals surface area (Å²) in [6, 6.07) is 5.41. The van der Waals surface area contributed by atoms with E-state index in [0.717, 1.165) is 33.7 Å². The third-order valence-corrected chi connectivity index (χ3v) is 4.15. The Hall–Kier alpha value is -3.34. The maximum Gasteiger partial charge on any atom is 0.124 e. The van der Waals surface area contributed by atoms with Gasteiger partial charge in [0.1, 0.15) is 11.7 Å². The molecule has 6 N–H and O–H groups in total. The number of nitrogens with one attached hydrogen (secondary N) is 2. The monoisotopic (exact) mass is 317 g/mol. The molecule has 0 bridgehead atoms. The number of nitrogen functional groups attached to an aromatic ring is 2. The normalized spacial score (nSPS) is 16.5. The second-order valence-corrected chi connectivity index (χ2v) is 5.63. The number of amidine groups is 1. The number of nitrogens with zero attached hydrogens (tertiary/aromatic N) is 1. The molecule has 0 aromatic heterocycles. The molecule has 1 aromatic carbocycles. The molecule has 0 saturated heterocycles. The number of hydrogen-bond donors (Lipinski definition) is 4. The minimum Gasteiger partial charge on any atom is -0.398 e. The SMILES string of the molecule is C=CC1=C(C=C)C2=C(C1)C(c1ccc(N)c(C(=N)N)c1)=NC(=C)N2. The summed E-state index contributed by atoms with van der Waals surface area (Å²) in [5, 5.41) is 10.9. The molecule has 0 fully saturated rings. The van der Waals surface area contributed by atoms with Crippen molar-refractivity contribution in [3.05, 3.63) is 89.5 Å². The van der Waals surface area contributed by atoms with Crippen LogP contribution in [-0.4, -0.2) is 11.5 Å². The second-order valence-electron chi connectivity index (χ2n) is 5.63. The van der Waals surface area contributed by atoms with Crippen LogP contribution in [-0.2, 0) is 0 Å². The molecular weight excluding hydrogens is 298 g/mol. The van der Waals surface area contributed by atoms with E-state index in [2.05, 4.69) is 30.0 Å². The number of aliphatic imine (C=N–C) groups is 1. The van der Waals surface area contributed by atoms with Gasteiger partial charge >= 0.3 is 0 Å². The first-order chi connectivity index (χ1) is 11.5. The van der Waals surface area contributed by atoms with E-state index < -0.39 is 0 Å². The number of allylic oxidation sites excluding steroid dienone is 4. The fraction of sp³-hybridized carbons (Fsp3) is 0.0526. The van der Waals surface area contributed by atoms with Crippen molar-refractivity contribution < 1.29 is 0 Å². The molecule has 1 aliphatic heterocycles. The van der Waals surface area contributed by atoms with Gasteiger partial charge in [-0.05, 0) is 17.7 Å². The summed E-state index contributed by atoms with van der Waals surface area (Å²) in [5.41, 5.74) is 18.2. The Kier molecular flexibility index (Phi) is 3.69. The first-order valence-corrected chi connectivity index (χ1v) is 7.47. The first-order valence-electron chi connectivity index (χ1n) is 7.47. The Morgan fingerprint density at radius 2 is 2.04 bits per heavy atom. The van der Waals surface area contributed by atoms with Gasteiger partial charge in [-0.2, -0.15) is 0 Å². The van der Waals surface area contributed by atoms with Gasteiger partial charge in [0.15, 0.2) is 0 Å². The lowest BCUT2D eigenvalue weighted by Gasteiger charge is -2.21. The van der Waals surface area contributed by atoms with Crippen LogP contribution in [0.2, 0.25) is 0 Å². The van der Waals surface area contributed by atoms with Crippen LogP contribution < -0.4 is 16.8 Å². The Bertz CT molecular complexity index is 896. The molecule has 5 heteroatoms. The summed E-state index contributed by atoms with van der Waals surface area (Å²) in [6.07, 6.45) is 4.35. The molecule has 0 atom stereocenters. The molecule has 1 heterocycles. The van der Waals surface area contributed by atoms with Crippen LogP contribution in [0.15, 0.2) is 83.3 Å². The van der Waals surface area contributed by atoms with Gasteiger partial charge in [-0.1, -0.05) is 38.0 Å². The van der Waals surface area contributed by atoms with Gasteiger partial charge in [0.05, 0.1) is 11.4 Å². The van der Waals surface area contributed by atoms with Crippen molar-refractivity contribution in [2.45, 2.75) is 6.42 Å². The van der Waals surface area contributed by atoms with Crippen LogP contribution in [0.5, 0.6) is 0 Å². The van der Waals surface area contributed by atoms with Crippen molar-refractivity contribution in [2.24, 2.45) is 10.7 Å². The standard InChI is InChI=1S/C19H19N5/c1-4-11-8-15-17(23-10(3)24-18(15)13(11)5-2)12-6-7-16(20)14(9-12)19(21)22/h4-7,9,24H,1-3,8,20H2,(H3,21,22). The predicted octanol–water partition coefficient (Wildman–Crippen LogP) is 2.74. The van der Waals surface area contributed by atoms with Crippen molar-refractivity contribution in [3.8, 4) is 0 Å². The van der Waals surface area contributed by atoms with Crippen LogP contribution in [0.4, 0.5) is 5.69 Å². The summed E-state index contributed by atoms with van der Waals surface area (Å²) < 4.78 is 0. The minimum absolute atomic E-state index is 0.0694. The average Bonchev–Trinajstić information content (AvgIpc) is 2.91. The summed E-state index contributed by atoms with van der Waals surface area (Å²) in [7, 11) is 0. The van der Waals surface area contributed by atoms with E-state index in [4.69, 9.17) is 16.9 Å². The van der Waals surface area contributed by atoms with Gasteiger partial charge in [0, 0.05) is 34.4 Å². The van der Waals surface area contributed by atoms with Gasteiger partial charge in [0.2, 0.25) is 0 Å². The third kappa shape index (κ3) is 2.36. The highest BCUT2D eigenvalue weighted by molar-refractivity contribution is 6.16. The zero-order chi connectivity index (χ0) is 17.4. The molecular formula is C19H19N5. The van der Waals surface area contributed by atoms with Crippen molar-refractivity contribution in [1.29, 1.82) is 5.41 Å². The molecule has 0 radical (unpaired) electrons. The van der Waals surface area contributed by atoms with Gasteiger partial charge in [-0.15, -0.1) is 0 Å². The first kappa shape index (κ1) is 15.6. The quantitative estimate of drug-likeness (QED) is 0.390. The molecule has 1 aliphatic carbocycles. The summed E-state index contributed by atoms with van der Waals surface area (Å²) in [6.45, 7) is 11.7. The molecule has 2 aliphatic rings. The Morgan fingerprint density at radius 1 is 1.29 bits per heavy atom. The molecule has 1 aromatic rings. The summed E-state index contributed by atoms with van der Waals surface area (Å²) in [4.78, 5) is 4.57. The zero-order valence-corrected chi connectivity index (χ0v) is 13.3. The summed E-state index contributed by atoms with van der Waals surface area (Å²) >= 11 is 0. The maximum atomic E-state index is 7.68. The third-order valence-electron chi connectivity index (χ3n) is 4.15. The van der Waals surface area contributed by atoms with Crippen LogP contribution in [0.3, 0.4) is 0 Å². The molecule has 120 valence electrons. The van der Waals surface area contributed by atoms with Crippen LogP contribution in [0.25, 0.3) is 0 Å². The predicted molar refractivity (Wildman–Crippen MR) is 99.7 cm³/mol. The number of anilines is 1. The lowest BCUT2D eigenvalue weighted by Crippen LogP contribution is -2.23. The topological polar surface area (TPSA) is 100 Å². The number of hydrogen-bond acceptors (Lipinski definition) is 4. The van der Waals surface area contributed by atoms with E-state index in [-0.39, 0.29) is 5.84 Å². The Labute approximate surface area is 141 Å². The number of nitrogens with two attached hydrogens (primary N) is 2. The van der Waals surface area contributed by atoms with Crippen LogP contribution in [0, 0.1) is 5.41 Å². The lowest BCUT2D eigenvalue weighted by molar-refractivity contribution is 0.948. The highest BCUT2D eigenvalue weighted by Gasteiger charge is 2.29. The Morgan fingerprint density at radius 3 is 2.67 bits per heavy atom. The van der Waals surface area contributed by atoms with Crippen molar-refractivity contribution >= 4 is 17.2 Å². The Balaban J connectivity index is 2.14. The zero-order valence-electron chi connectivity index (χ0n) is 13.3. The second kappa shape index (κ2) is 5.70. The average molecular weight is 317 g/mol. The number of rotatable bonds is 4. The van der Waals surface area contributed by atoms with E-state index in [1.54, 1.807) is 12.1 Å². The largest absolute Gasteiger partial charge is 0.398 e. The van der Waals surface area contributed by atoms with Gasteiger partial charge < -0.3 is 16.8 Å². The van der Waals surface area contributed by atoms with E-state index in [9.17, 15) is 0 Å². The van der Waals surface area contributed by atoms with Crippen LogP contribution >= 0.6 is 0 Å². The summed E-state index contributed by atoms with van der Waals surface area (Å²) in [5.74, 6) is 0.481. The van der Waals surface area contributed by atoms with Crippen molar-refractivity contribution in [2.75, 3.05) is 5.73 Å². The van der Waals surface area contributed by atoms with Crippen LogP contribution in [0.1, 0.15) is 17.5 Å². The molecule has 0 amide bonds. The van der Waals surface area contributed by atoms with Gasteiger partial charge in [-0.3, -0.25) is 5.41 Å². The van der Waals surface area contributed by atoms with Crippen molar-refractivity contribution in [1.82, 2.24) is 5.32 Å². The highest BCUT2D eigenvalue weighted by Crippen LogP contribution is 2.37. The minimum atomic E-state index is -0.0694. The van der Waals surface area contributed by atoms with E-state index in [0.29, 0.717) is 23.5 Å². The highest BCUT2D eigenvalue weighted by atomic mass is 15.1.